The molecule has 3 aromatic rings. The number of rotatable bonds is 6. The van der Waals surface area contributed by atoms with E-state index >= 15 is 0 Å². The number of halogens is 1. The molecule has 0 spiro atoms. The SMILES string of the molecule is CNC(=O)c1c(-c2ccc(F)cc2)oc2cc(NCCO)c(C3CC3)cc12. The molecule has 1 aliphatic rings. The zero-order chi connectivity index (χ0) is 19.0. The van der Waals surface area contributed by atoms with E-state index in [0.29, 0.717) is 34.9 Å². The van der Waals surface area contributed by atoms with E-state index in [9.17, 15) is 9.18 Å². The smallest absolute Gasteiger partial charge is 0.255 e. The minimum atomic E-state index is -0.345. The lowest BCUT2D eigenvalue weighted by atomic mass is 10.0. The molecule has 140 valence electrons. The van der Waals surface area contributed by atoms with Crippen LogP contribution in [0.15, 0.2) is 40.8 Å². The van der Waals surface area contributed by atoms with Crippen molar-refractivity contribution in [1.82, 2.24) is 5.32 Å². The molecule has 1 saturated carbocycles. The van der Waals surface area contributed by atoms with Crippen LogP contribution in [-0.4, -0.2) is 31.2 Å². The summed E-state index contributed by atoms with van der Waals surface area (Å²) in [6.07, 6.45) is 2.22. The number of aliphatic hydroxyl groups excluding tert-OH is 1. The van der Waals surface area contributed by atoms with E-state index < -0.39 is 0 Å². The van der Waals surface area contributed by atoms with Gasteiger partial charge in [-0.1, -0.05) is 0 Å². The molecule has 1 fully saturated rings. The highest BCUT2D eigenvalue weighted by atomic mass is 19.1. The fourth-order valence-electron chi connectivity index (χ4n) is 3.39. The molecule has 1 heterocycles. The number of carbonyl (C=O) groups excluding carboxylic acids is 1. The van der Waals surface area contributed by atoms with Crippen molar-refractivity contribution in [2.45, 2.75) is 18.8 Å². The van der Waals surface area contributed by atoms with Gasteiger partial charge in [0.05, 0.1) is 12.2 Å². The summed E-state index contributed by atoms with van der Waals surface area (Å²) in [5.74, 6) is 0.288. The molecule has 1 amide bonds. The van der Waals surface area contributed by atoms with Gasteiger partial charge in [0.25, 0.3) is 5.91 Å². The maximum absolute atomic E-state index is 13.3. The molecular weight excluding hydrogens is 347 g/mol. The van der Waals surface area contributed by atoms with E-state index in [1.54, 1.807) is 19.2 Å². The molecule has 0 aliphatic heterocycles. The van der Waals surface area contributed by atoms with Crippen LogP contribution in [0.25, 0.3) is 22.3 Å². The predicted molar refractivity (Wildman–Crippen MR) is 103 cm³/mol. The Morgan fingerprint density at radius 3 is 2.63 bits per heavy atom. The van der Waals surface area contributed by atoms with Gasteiger partial charge in [-0.2, -0.15) is 0 Å². The molecule has 4 rings (SSSR count). The average Bonchev–Trinajstić information content (AvgIpc) is 3.46. The van der Waals surface area contributed by atoms with Gasteiger partial charge in [-0.05, 0) is 54.7 Å². The van der Waals surface area contributed by atoms with Crippen molar-refractivity contribution in [2.24, 2.45) is 0 Å². The molecule has 6 heteroatoms. The minimum absolute atomic E-state index is 0.0324. The lowest BCUT2D eigenvalue weighted by Crippen LogP contribution is -2.18. The lowest BCUT2D eigenvalue weighted by Gasteiger charge is -2.11. The van der Waals surface area contributed by atoms with E-state index in [0.717, 1.165) is 29.5 Å². The minimum Gasteiger partial charge on any atom is -0.455 e. The van der Waals surface area contributed by atoms with Crippen molar-refractivity contribution >= 4 is 22.6 Å². The Balaban J connectivity index is 1.92. The summed E-state index contributed by atoms with van der Waals surface area (Å²) in [7, 11) is 1.58. The van der Waals surface area contributed by atoms with Crippen molar-refractivity contribution in [3.63, 3.8) is 0 Å². The fourth-order valence-corrected chi connectivity index (χ4v) is 3.39. The molecule has 1 aromatic heterocycles. The van der Waals surface area contributed by atoms with Crippen LogP contribution >= 0.6 is 0 Å². The average molecular weight is 368 g/mol. The monoisotopic (exact) mass is 368 g/mol. The van der Waals surface area contributed by atoms with Gasteiger partial charge in [-0.25, -0.2) is 4.39 Å². The Morgan fingerprint density at radius 1 is 1.26 bits per heavy atom. The van der Waals surface area contributed by atoms with Gasteiger partial charge in [0, 0.05) is 36.3 Å². The Kier molecular flexibility index (Phi) is 4.58. The van der Waals surface area contributed by atoms with Crippen LogP contribution in [0.5, 0.6) is 0 Å². The van der Waals surface area contributed by atoms with Gasteiger partial charge in [-0.15, -0.1) is 0 Å². The van der Waals surface area contributed by atoms with Crippen molar-refractivity contribution < 1.29 is 18.7 Å². The molecule has 0 saturated heterocycles. The molecule has 5 nitrogen and oxygen atoms in total. The summed E-state index contributed by atoms with van der Waals surface area (Å²) >= 11 is 0. The van der Waals surface area contributed by atoms with E-state index in [2.05, 4.69) is 10.6 Å². The summed E-state index contributed by atoms with van der Waals surface area (Å²) in [5, 5.41) is 15.8. The molecule has 0 atom stereocenters. The van der Waals surface area contributed by atoms with Crippen LogP contribution in [0.1, 0.15) is 34.7 Å². The second-order valence-electron chi connectivity index (χ2n) is 6.75. The molecule has 2 aromatic carbocycles. The van der Waals surface area contributed by atoms with E-state index in [1.165, 1.54) is 12.1 Å². The van der Waals surface area contributed by atoms with Gasteiger partial charge in [0.2, 0.25) is 0 Å². The van der Waals surface area contributed by atoms with Crippen LogP contribution in [0.4, 0.5) is 10.1 Å². The Labute approximate surface area is 156 Å². The summed E-state index contributed by atoms with van der Waals surface area (Å²) in [6, 6.07) is 9.80. The van der Waals surface area contributed by atoms with E-state index in [1.807, 2.05) is 12.1 Å². The third kappa shape index (κ3) is 3.28. The van der Waals surface area contributed by atoms with Crippen molar-refractivity contribution in [1.29, 1.82) is 0 Å². The highest BCUT2D eigenvalue weighted by Crippen LogP contribution is 2.46. The quantitative estimate of drug-likeness (QED) is 0.617. The molecule has 0 radical (unpaired) electrons. The number of nitrogens with one attached hydrogen (secondary N) is 2. The topological polar surface area (TPSA) is 74.5 Å². The summed E-state index contributed by atoms with van der Waals surface area (Å²) in [5.41, 5.74) is 3.73. The number of furan rings is 1. The zero-order valence-corrected chi connectivity index (χ0v) is 15.0. The second-order valence-corrected chi connectivity index (χ2v) is 6.75. The first-order valence-corrected chi connectivity index (χ1v) is 9.05. The summed E-state index contributed by atoms with van der Waals surface area (Å²) in [4.78, 5) is 12.6. The number of anilines is 1. The number of carbonyl (C=O) groups is 1. The highest BCUT2D eigenvalue weighted by Gasteiger charge is 2.29. The normalized spacial score (nSPS) is 13.7. The third-order valence-electron chi connectivity index (χ3n) is 4.87. The van der Waals surface area contributed by atoms with Gasteiger partial charge in [0.15, 0.2) is 0 Å². The molecule has 3 N–H and O–H groups in total. The van der Waals surface area contributed by atoms with Crippen molar-refractivity contribution in [3.05, 3.63) is 53.3 Å². The Bertz CT molecular complexity index is 991. The fraction of sp³-hybridized carbons (Fsp3) is 0.286. The number of amides is 1. The second kappa shape index (κ2) is 7.04. The molecule has 1 aliphatic carbocycles. The Morgan fingerprint density at radius 2 is 2.00 bits per heavy atom. The molecule has 0 bridgehead atoms. The van der Waals surface area contributed by atoms with Crippen molar-refractivity contribution in [3.8, 4) is 11.3 Å². The number of hydrogen-bond donors (Lipinski definition) is 3. The molecule has 0 unspecified atom stereocenters. The standard InChI is InChI=1S/C21H21FN2O3/c1-23-21(26)19-16-10-15(12-2-3-12)17(24-8-9-25)11-18(16)27-20(19)13-4-6-14(22)7-5-13/h4-7,10-12,24-25H,2-3,8-9H2,1H3,(H,23,26). The van der Waals surface area contributed by atoms with Gasteiger partial charge < -0.3 is 20.2 Å². The van der Waals surface area contributed by atoms with Crippen molar-refractivity contribution in [2.75, 3.05) is 25.5 Å². The van der Waals surface area contributed by atoms with Crippen LogP contribution < -0.4 is 10.6 Å². The highest BCUT2D eigenvalue weighted by molar-refractivity contribution is 6.11. The first-order valence-electron chi connectivity index (χ1n) is 9.05. The first-order chi connectivity index (χ1) is 13.1. The summed E-state index contributed by atoms with van der Waals surface area (Å²) < 4.78 is 19.4. The number of aliphatic hydroxyl groups is 1. The Hall–Kier alpha value is -2.86. The van der Waals surface area contributed by atoms with Gasteiger partial charge in [0.1, 0.15) is 17.2 Å². The third-order valence-corrected chi connectivity index (χ3v) is 4.87. The predicted octanol–water partition coefficient (Wildman–Crippen LogP) is 3.88. The van der Waals surface area contributed by atoms with Gasteiger partial charge >= 0.3 is 0 Å². The van der Waals surface area contributed by atoms with Crippen LogP contribution in [0, 0.1) is 5.82 Å². The first kappa shape index (κ1) is 17.5. The molecular formula is C21H21FN2O3. The molecule has 27 heavy (non-hydrogen) atoms. The number of fused-ring (bicyclic) bond motifs is 1. The largest absolute Gasteiger partial charge is 0.455 e. The van der Waals surface area contributed by atoms with Gasteiger partial charge in [-0.3, -0.25) is 4.79 Å². The lowest BCUT2D eigenvalue weighted by molar-refractivity contribution is 0.0964. The van der Waals surface area contributed by atoms with Crippen LogP contribution in [0.3, 0.4) is 0 Å². The maximum atomic E-state index is 13.3. The van der Waals surface area contributed by atoms with Crippen LogP contribution in [-0.2, 0) is 0 Å². The van der Waals surface area contributed by atoms with Crippen LogP contribution in [0.2, 0.25) is 0 Å². The maximum Gasteiger partial charge on any atom is 0.255 e. The van der Waals surface area contributed by atoms with E-state index in [-0.39, 0.29) is 18.3 Å². The summed E-state index contributed by atoms with van der Waals surface area (Å²) in [6.45, 7) is 0.476. The van der Waals surface area contributed by atoms with E-state index in [4.69, 9.17) is 9.52 Å². The number of hydrogen-bond acceptors (Lipinski definition) is 4. The zero-order valence-electron chi connectivity index (χ0n) is 15.0. The number of benzene rings is 2.